The summed E-state index contributed by atoms with van der Waals surface area (Å²) in [5, 5.41) is 5.87. The van der Waals surface area contributed by atoms with Crippen LogP contribution >= 0.6 is 0 Å². The van der Waals surface area contributed by atoms with Gasteiger partial charge in [-0.1, -0.05) is 30.3 Å². The summed E-state index contributed by atoms with van der Waals surface area (Å²) in [7, 11) is 0. The van der Waals surface area contributed by atoms with Crippen LogP contribution in [-0.4, -0.2) is 18.4 Å². The number of piperidine rings is 1. The van der Waals surface area contributed by atoms with E-state index in [4.69, 9.17) is 4.42 Å². The number of carbonyl (C=O) groups is 2. The summed E-state index contributed by atoms with van der Waals surface area (Å²) < 4.78 is 5.86. The smallest absolute Gasteiger partial charge is 0.230 e. The Morgan fingerprint density at radius 2 is 1.87 bits per heavy atom. The van der Waals surface area contributed by atoms with Crippen molar-refractivity contribution in [3.05, 3.63) is 42.4 Å². The number of benzene rings is 1. The Kier molecular flexibility index (Phi) is 3.41. The Balaban J connectivity index is 1.69. The number of furan rings is 1. The van der Waals surface area contributed by atoms with Gasteiger partial charge in [-0.3, -0.25) is 14.9 Å². The van der Waals surface area contributed by atoms with E-state index in [1.54, 1.807) is 6.26 Å². The maximum atomic E-state index is 12.2. The molecule has 4 rings (SSSR count). The maximum absolute atomic E-state index is 12.2. The molecule has 0 saturated carbocycles. The highest BCUT2D eigenvalue weighted by molar-refractivity contribution is 5.99. The van der Waals surface area contributed by atoms with Gasteiger partial charge < -0.3 is 9.73 Å². The number of amides is 2. The molecule has 2 amide bonds. The topological polar surface area (TPSA) is 71.3 Å². The molecule has 1 saturated heterocycles. The summed E-state index contributed by atoms with van der Waals surface area (Å²) in [6.07, 6.45) is 3.59. The molecule has 2 unspecified atom stereocenters. The Hall–Kier alpha value is -2.56. The zero-order valence-corrected chi connectivity index (χ0v) is 12.7. The van der Waals surface area contributed by atoms with E-state index in [2.05, 4.69) is 10.6 Å². The molecule has 118 valence electrons. The van der Waals surface area contributed by atoms with Crippen molar-refractivity contribution in [2.75, 3.05) is 11.9 Å². The molecule has 2 N–H and O–H groups in total. The summed E-state index contributed by atoms with van der Waals surface area (Å²) in [6.45, 7) is 0.800. The van der Waals surface area contributed by atoms with E-state index in [1.165, 1.54) is 0 Å². The molecular formula is C18H18N2O3. The van der Waals surface area contributed by atoms with Gasteiger partial charge >= 0.3 is 0 Å². The van der Waals surface area contributed by atoms with Crippen LogP contribution in [-0.2, 0) is 9.59 Å². The maximum Gasteiger partial charge on any atom is 0.230 e. The summed E-state index contributed by atoms with van der Waals surface area (Å²) in [4.78, 5) is 23.6. The molecule has 0 spiro atoms. The van der Waals surface area contributed by atoms with Crippen molar-refractivity contribution < 1.29 is 14.0 Å². The van der Waals surface area contributed by atoms with Gasteiger partial charge in [-0.05, 0) is 18.4 Å². The minimum Gasteiger partial charge on any atom is -0.466 e. The van der Waals surface area contributed by atoms with E-state index in [1.807, 2.05) is 30.3 Å². The molecule has 2 aliphatic rings. The number of hydrogen-bond donors (Lipinski definition) is 2. The lowest BCUT2D eigenvalue weighted by Gasteiger charge is -2.31. The van der Waals surface area contributed by atoms with E-state index >= 15 is 0 Å². The molecule has 1 aromatic heterocycles. The lowest BCUT2D eigenvalue weighted by atomic mass is 9.79. The number of hydrogen-bond acceptors (Lipinski definition) is 4. The molecule has 5 nitrogen and oxygen atoms in total. The Bertz CT molecular complexity index is 751. The standard InChI is InChI=1S/C18H18N2O3/c21-15-7-6-13(18(22)20-15)12-8-9-19-16-14(10-23-17(12)16)11-4-2-1-3-5-11/h1-5,10,12-13,19H,6-9H2,(H,20,21,22). The quantitative estimate of drug-likeness (QED) is 0.837. The van der Waals surface area contributed by atoms with Crippen molar-refractivity contribution >= 4 is 17.5 Å². The fraction of sp³-hybridized carbons (Fsp3) is 0.333. The van der Waals surface area contributed by atoms with Crippen molar-refractivity contribution in [1.82, 2.24) is 5.32 Å². The monoisotopic (exact) mass is 310 g/mol. The molecule has 1 aromatic carbocycles. The highest BCUT2D eigenvalue weighted by Crippen LogP contribution is 2.45. The van der Waals surface area contributed by atoms with Gasteiger partial charge in [0.15, 0.2) is 0 Å². The van der Waals surface area contributed by atoms with Crippen molar-refractivity contribution in [3.63, 3.8) is 0 Å². The van der Waals surface area contributed by atoms with Gasteiger partial charge in [-0.15, -0.1) is 0 Å². The van der Waals surface area contributed by atoms with Gasteiger partial charge in [0.1, 0.15) is 12.0 Å². The van der Waals surface area contributed by atoms with E-state index in [0.29, 0.717) is 12.8 Å². The lowest BCUT2D eigenvalue weighted by molar-refractivity contribution is -0.137. The van der Waals surface area contributed by atoms with Crippen LogP contribution in [0.1, 0.15) is 30.9 Å². The summed E-state index contributed by atoms with van der Waals surface area (Å²) >= 11 is 0. The molecular weight excluding hydrogens is 292 g/mol. The number of rotatable bonds is 2. The molecule has 0 aliphatic carbocycles. The molecule has 0 radical (unpaired) electrons. The van der Waals surface area contributed by atoms with Crippen molar-refractivity contribution in [2.45, 2.75) is 25.2 Å². The van der Waals surface area contributed by atoms with Gasteiger partial charge in [-0.2, -0.15) is 0 Å². The Morgan fingerprint density at radius 3 is 2.65 bits per heavy atom. The third-order valence-corrected chi connectivity index (χ3v) is 4.77. The highest BCUT2D eigenvalue weighted by atomic mass is 16.3. The second kappa shape index (κ2) is 5.57. The zero-order valence-electron chi connectivity index (χ0n) is 12.7. The number of fused-ring (bicyclic) bond motifs is 1. The van der Waals surface area contributed by atoms with Gasteiger partial charge in [0.2, 0.25) is 11.8 Å². The Labute approximate surface area is 134 Å². The third-order valence-electron chi connectivity index (χ3n) is 4.77. The van der Waals surface area contributed by atoms with Crippen LogP contribution in [0.3, 0.4) is 0 Å². The van der Waals surface area contributed by atoms with Crippen LogP contribution in [0.15, 0.2) is 41.0 Å². The zero-order chi connectivity index (χ0) is 15.8. The molecule has 2 aliphatic heterocycles. The number of anilines is 1. The number of imide groups is 1. The second-order valence-corrected chi connectivity index (χ2v) is 6.13. The molecule has 0 bridgehead atoms. The largest absolute Gasteiger partial charge is 0.466 e. The number of nitrogens with one attached hydrogen (secondary N) is 2. The average Bonchev–Trinajstić information content (AvgIpc) is 3.00. The van der Waals surface area contributed by atoms with Crippen LogP contribution < -0.4 is 10.6 Å². The third kappa shape index (κ3) is 2.42. The molecule has 2 aromatic rings. The first kappa shape index (κ1) is 14.1. The van der Waals surface area contributed by atoms with E-state index < -0.39 is 0 Å². The van der Waals surface area contributed by atoms with Gasteiger partial charge in [0, 0.05) is 30.4 Å². The SMILES string of the molecule is O=C1CCC(C2CCNc3c(-c4ccccc4)coc32)C(=O)N1. The molecule has 5 heteroatoms. The molecule has 23 heavy (non-hydrogen) atoms. The van der Waals surface area contributed by atoms with E-state index in [0.717, 1.165) is 35.5 Å². The second-order valence-electron chi connectivity index (χ2n) is 6.13. The van der Waals surface area contributed by atoms with Crippen molar-refractivity contribution in [3.8, 4) is 11.1 Å². The first-order valence-corrected chi connectivity index (χ1v) is 7.98. The van der Waals surface area contributed by atoms with Crippen LogP contribution in [0.4, 0.5) is 5.69 Å². The number of carbonyl (C=O) groups excluding carboxylic acids is 2. The van der Waals surface area contributed by atoms with Gasteiger partial charge in [0.25, 0.3) is 0 Å². The minimum absolute atomic E-state index is 0.0248. The van der Waals surface area contributed by atoms with Crippen molar-refractivity contribution in [1.29, 1.82) is 0 Å². The summed E-state index contributed by atoms with van der Waals surface area (Å²) in [5.74, 6) is 0.325. The fourth-order valence-corrected chi connectivity index (χ4v) is 3.62. The first-order valence-electron chi connectivity index (χ1n) is 7.98. The van der Waals surface area contributed by atoms with Crippen LogP contribution in [0.2, 0.25) is 0 Å². The molecule has 3 heterocycles. The average molecular weight is 310 g/mol. The minimum atomic E-state index is -0.191. The molecule has 2 atom stereocenters. The van der Waals surface area contributed by atoms with Crippen LogP contribution in [0.5, 0.6) is 0 Å². The normalized spacial score (nSPS) is 23.8. The fourth-order valence-electron chi connectivity index (χ4n) is 3.62. The van der Waals surface area contributed by atoms with Crippen LogP contribution in [0, 0.1) is 5.92 Å². The van der Waals surface area contributed by atoms with Gasteiger partial charge in [-0.25, -0.2) is 0 Å². The van der Waals surface area contributed by atoms with Gasteiger partial charge in [0.05, 0.1) is 5.69 Å². The van der Waals surface area contributed by atoms with E-state index in [-0.39, 0.29) is 23.7 Å². The predicted octanol–water partition coefficient (Wildman–Crippen LogP) is 2.90. The van der Waals surface area contributed by atoms with Crippen molar-refractivity contribution in [2.24, 2.45) is 5.92 Å². The molecule has 1 fully saturated rings. The van der Waals surface area contributed by atoms with Crippen LogP contribution in [0.25, 0.3) is 11.1 Å². The lowest BCUT2D eigenvalue weighted by Crippen LogP contribution is -2.43. The predicted molar refractivity (Wildman–Crippen MR) is 85.9 cm³/mol. The highest BCUT2D eigenvalue weighted by Gasteiger charge is 2.39. The van der Waals surface area contributed by atoms with E-state index in [9.17, 15) is 9.59 Å². The Morgan fingerprint density at radius 1 is 1.04 bits per heavy atom. The summed E-state index contributed by atoms with van der Waals surface area (Å²) in [5.41, 5.74) is 3.10. The summed E-state index contributed by atoms with van der Waals surface area (Å²) in [6, 6.07) is 10.1. The first-order chi connectivity index (χ1) is 11.2.